The molecule has 20 heavy (non-hydrogen) atoms. The molecule has 1 heterocycles. The number of rotatable bonds is 8. The number of hydrogen-bond acceptors (Lipinski definition) is 1. The van der Waals surface area contributed by atoms with Gasteiger partial charge in [0.05, 0.1) is 0 Å². The minimum absolute atomic E-state index is 0.666. The fraction of sp³-hybridized carbons (Fsp3) is 0.556. The molecule has 0 saturated carbocycles. The van der Waals surface area contributed by atoms with Gasteiger partial charge in [0.2, 0.25) is 0 Å². The van der Waals surface area contributed by atoms with Crippen LogP contribution in [0.25, 0.3) is 10.9 Å². The van der Waals surface area contributed by atoms with Crippen LogP contribution in [0.4, 0.5) is 0 Å². The van der Waals surface area contributed by atoms with Crippen LogP contribution in [0.1, 0.15) is 51.5 Å². The van der Waals surface area contributed by atoms with Crippen LogP contribution in [0.3, 0.4) is 0 Å². The van der Waals surface area contributed by atoms with Crippen LogP contribution in [-0.4, -0.2) is 10.6 Å². The standard InChI is InChI=1S/C18H28N2/c1-4-6-10-16(9-5-2)19-13-15-14-20(3)18-12-8-7-11-17(15)18/h7-8,11-12,14,16,19H,4-6,9-10,13H2,1-3H3. The molecule has 110 valence electrons. The van der Waals surface area contributed by atoms with Crippen molar-refractivity contribution < 1.29 is 0 Å². The molecule has 0 spiro atoms. The Hall–Kier alpha value is -1.28. The Morgan fingerprint density at radius 1 is 1.10 bits per heavy atom. The van der Waals surface area contributed by atoms with E-state index in [9.17, 15) is 0 Å². The Morgan fingerprint density at radius 3 is 2.65 bits per heavy atom. The van der Waals surface area contributed by atoms with Crippen molar-refractivity contribution in [2.45, 2.75) is 58.5 Å². The predicted molar refractivity (Wildman–Crippen MR) is 88.0 cm³/mol. The van der Waals surface area contributed by atoms with E-state index in [0.717, 1.165) is 6.54 Å². The van der Waals surface area contributed by atoms with Gasteiger partial charge in [-0.15, -0.1) is 0 Å². The van der Waals surface area contributed by atoms with Gasteiger partial charge in [0, 0.05) is 36.7 Å². The lowest BCUT2D eigenvalue weighted by atomic mass is 10.0. The van der Waals surface area contributed by atoms with E-state index in [2.05, 4.69) is 61.2 Å². The van der Waals surface area contributed by atoms with Crippen molar-refractivity contribution >= 4 is 10.9 Å². The zero-order valence-electron chi connectivity index (χ0n) is 13.2. The number of hydrogen-bond donors (Lipinski definition) is 1. The van der Waals surface area contributed by atoms with Crippen LogP contribution < -0.4 is 5.32 Å². The normalized spacial score (nSPS) is 12.9. The van der Waals surface area contributed by atoms with Crippen molar-refractivity contribution in [1.82, 2.24) is 9.88 Å². The summed E-state index contributed by atoms with van der Waals surface area (Å²) in [4.78, 5) is 0. The van der Waals surface area contributed by atoms with Crippen LogP contribution in [-0.2, 0) is 13.6 Å². The summed E-state index contributed by atoms with van der Waals surface area (Å²) in [5.74, 6) is 0. The Bertz CT molecular complexity index is 527. The molecule has 0 fully saturated rings. The second-order valence-electron chi connectivity index (χ2n) is 5.79. The van der Waals surface area contributed by atoms with Crippen molar-refractivity contribution in [2.24, 2.45) is 7.05 Å². The van der Waals surface area contributed by atoms with E-state index in [-0.39, 0.29) is 0 Å². The molecule has 2 aromatic rings. The van der Waals surface area contributed by atoms with Gasteiger partial charge < -0.3 is 9.88 Å². The van der Waals surface area contributed by atoms with E-state index in [1.54, 1.807) is 0 Å². The van der Waals surface area contributed by atoms with Gasteiger partial charge in [0.15, 0.2) is 0 Å². The number of benzene rings is 1. The van der Waals surface area contributed by atoms with Gasteiger partial charge in [0.25, 0.3) is 0 Å². The first-order valence-corrected chi connectivity index (χ1v) is 8.02. The molecule has 0 radical (unpaired) electrons. The smallest absolute Gasteiger partial charge is 0.0481 e. The third-order valence-electron chi connectivity index (χ3n) is 4.10. The largest absolute Gasteiger partial charge is 0.350 e. The van der Waals surface area contributed by atoms with Gasteiger partial charge in [-0.1, -0.05) is 51.3 Å². The Balaban J connectivity index is 2.03. The Kier molecular flexibility index (Phi) is 5.66. The average molecular weight is 272 g/mol. The highest BCUT2D eigenvalue weighted by Crippen LogP contribution is 2.20. The lowest BCUT2D eigenvalue weighted by molar-refractivity contribution is 0.434. The molecular weight excluding hydrogens is 244 g/mol. The highest BCUT2D eigenvalue weighted by molar-refractivity contribution is 5.83. The summed E-state index contributed by atoms with van der Waals surface area (Å²) < 4.78 is 2.23. The first kappa shape index (κ1) is 15.1. The molecule has 0 saturated heterocycles. The zero-order chi connectivity index (χ0) is 14.4. The summed E-state index contributed by atoms with van der Waals surface area (Å²) in [7, 11) is 2.13. The van der Waals surface area contributed by atoms with Crippen molar-refractivity contribution in [2.75, 3.05) is 0 Å². The van der Waals surface area contributed by atoms with Crippen LogP contribution in [0.2, 0.25) is 0 Å². The minimum atomic E-state index is 0.666. The zero-order valence-corrected chi connectivity index (χ0v) is 13.2. The molecule has 0 aliphatic heterocycles. The lowest BCUT2D eigenvalue weighted by Crippen LogP contribution is -2.28. The van der Waals surface area contributed by atoms with E-state index in [0.29, 0.717) is 6.04 Å². The van der Waals surface area contributed by atoms with E-state index in [1.807, 2.05) is 0 Å². The number of aromatic nitrogens is 1. The third-order valence-corrected chi connectivity index (χ3v) is 4.10. The molecule has 2 nitrogen and oxygen atoms in total. The van der Waals surface area contributed by atoms with Crippen LogP contribution >= 0.6 is 0 Å². The molecule has 0 aliphatic carbocycles. The van der Waals surface area contributed by atoms with Crippen molar-refractivity contribution in [1.29, 1.82) is 0 Å². The fourth-order valence-corrected chi connectivity index (χ4v) is 2.97. The SMILES string of the molecule is CCCCC(CCC)NCc1cn(C)c2ccccc12. The second kappa shape index (κ2) is 7.49. The maximum absolute atomic E-state index is 3.76. The number of nitrogens with one attached hydrogen (secondary N) is 1. The number of fused-ring (bicyclic) bond motifs is 1. The number of nitrogens with zero attached hydrogens (tertiary/aromatic N) is 1. The lowest BCUT2D eigenvalue weighted by Gasteiger charge is -2.17. The van der Waals surface area contributed by atoms with Gasteiger partial charge in [-0.2, -0.15) is 0 Å². The molecule has 0 bridgehead atoms. The summed E-state index contributed by atoms with van der Waals surface area (Å²) in [5, 5.41) is 5.15. The van der Waals surface area contributed by atoms with Crippen LogP contribution in [0.15, 0.2) is 30.5 Å². The summed E-state index contributed by atoms with van der Waals surface area (Å²) in [6.07, 6.45) is 8.72. The van der Waals surface area contributed by atoms with Crippen LogP contribution in [0, 0.1) is 0 Å². The molecule has 1 unspecified atom stereocenters. The molecule has 1 atom stereocenters. The Morgan fingerprint density at radius 2 is 1.90 bits per heavy atom. The van der Waals surface area contributed by atoms with E-state index < -0.39 is 0 Å². The third kappa shape index (κ3) is 3.63. The van der Waals surface area contributed by atoms with Crippen molar-refractivity contribution in [3.63, 3.8) is 0 Å². The summed E-state index contributed by atoms with van der Waals surface area (Å²) in [6, 6.07) is 9.33. The monoisotopic (exact) mass is 272 g/mol. The highest BCUT2D eigenvalue weighted by atomic mass is 14.9. The molecule has 1 N–H and O–H groups in total. The van der Waals surface area contributed by atoms with Crippen molar-refractivity contribution in [3.8, 4) is 0 Å². The second-order valence-corrected chi connectivity index (χ2v) is 5.79. The van der Waals surface area contributed by atoms with Gasteiger partial charge in [-0.25, -0.2) is 0 Å². The molecule has 1 aromatic carbocycles. The number of para-hydroxylation sites is 1. The topological polar surface area (TPSA) is 17.0 Å². The summed E-state index contributed by atoms with van der Waals surface area (Å²) >= 11 is 0. The van der Waals surface area contributed by atoms with E-state index >= 15 is 0 Å². The Labute approximate surface area is 123 Å². The van der Waals surface area contributed by atoms with E-state index in [1.165, 1.54) is 48.6 Å². The van der Waals surface area contributed by atoms with Gasteiger partial charge in [-0.3, -0.25) is 0 Å². The molecular formula is C18H28N2. The number of unbranched alkanes of at least 4 members (excludes halogenated alkanes) is 1. The predicted octanol–water partition coefficient (Wildman–Crippen LogP) is 4.63. The molecule has 2 heteroatoms. The first-order chi connectivity index (χ1) is 9.76. The quantitative estimate of drug-likeness (QED) is 0.741. The van der Waals surface area contributed by atoms with Gasteiger partial charge in [-0.05, 0) is 24.5 Å². The molecule has 1 aromatic heterocycles. The average Bonchev–Trinajstić information content (AvgIpc) is 2.79. The first-order valence-electron chi connectivity index (χ1n) is 8.02. The number of aryl methyl sites for hydroxylation is 1. The minimum Gasteiger partial charge on any atom is -0.350 e. The fourth-order valence-electron chi connectivity index (χ4n) is 2.97. The van der Waals surface area contributed by atoms with Crippen LogP contribution in [0.5, 0.6) is 0 Å². The van der Waals surface area contributed by atoms with Gasteiger partial charge >= 0.3 is 0 Å². The maximum Gasteiger partial charge on any atom is 0.0481 e. The van der Waals surface area contributed by atoms with Crippen molar-refractivity contribution in [3.05, 3.63) is 36.0 Å². The molecule has 2 rings (SSSR count). The molecule has 0 aliphatic rings. The van der Waals surface area contributed by atoms with Gasteiger partial charge in [0.1, 0.15) is 0 Å². The summed E-state index contributed by atoms with van der Waals surface area (Å²) in [6.45, 7) is 5.53. The molecule has 0 amide bonds. The van der Waals surface area contributed by atoms with E-state index in [4.69, 9.17) is 0 Å². The highest BCUT2D eigenvalue weighted by Gasteiger charge is 2.09. The summed E-state index contributed by atoms with van der Waals surface area (Å²) in [5.41, 5.74) is 2.74. The maximum atomic E-state index is 3.76.